The lowest BCUT2D eigenvalue weighted by molar-refractivity contribution is -0.153. The van der Waals surface area contributed by atoms with Crippen LogP contribution >= 0.6 is 0 Å². The first-order valence-electron chi connectivity index (χ1n) is 7.63. The van der Waals surface area contributed by atoms with Gasteiger partial charge in [-0.1, -0.05) is 12.1 Å². The summed E-state index contributed by atoms with van der Waals surface area (Å²) in [5, 5.41) is 16.5. The van der Waals surface area contributed by atoms with E-state index in [1.807, 2.05) is 0 Å². The number of ether oxygens (including phenoxy) is 1. The molecule has 1 amide bonds. The highest BCUT2D eigenvalue weighted by Crippen LogP contribution is 2.25. The average Bonchev–Trinajstić information content (AvgIpc) is 2.59. The van der Waals surface area contributed by atoms with Gasteiger partial charge < -0.3 is 10.1 Å². The number of anilines is 1. The van der Waals surface area contributed by atoms with E-state index in [9.17, 15) is 26.4 Å². The van der Waals surface area contributed by atoms with Crippen LogP contribution in [0.25, 0.3) is 0 Å². The Morgan fingerprint density at radius 2 is 1.82 bits per heavy atom. The van der Waals surface area contributed by atoms with Crippen molar-refractivity contribution in [3.63, 3.8) is 0 Å². The summed E-state index contributed by atoms with van der Waals surface area (Å²) in [6, 6.07) is 10.7. The molecule has 0 heterocycles. The highest BCUT2D eigenvalue weighted by atomic mass is 32.2. The summed E-state index contributed by atoms with van der Waals surface area (Å²) in [6.45, 7) is -1.54. The van der Waals surface area contributed by atoms with Crippen molar-refractivity contribution >= 4 is 21.6 Å². The number of rotatable bonds is 6. The molecule has 0 aromatic heterocycles. The molecule has 0 aliphatic rings. The van der Waals surface area contributed by atoms with Gasteiger partial charge in [0.15, 0.2) is 6.61 Å². The molecule has 7 nitrogen and oxygen atoms in total. The summed E-state index contributed by atoms with van der Waals surface area (Å²) < 4.78 is 63.6. The molecule has 2 aromatic carbocycles. The van der Waals surface area contributed by atoms with E-state index in [1.165, 1.54) is 36.4 Å². The lowest BCUT2D eigenvalue weighted by Crippen LogP contribution is -2.19. The molecule has 0 saturated carbocycles. The van der Waals surface area contributed by atoms with Crippen LogP contribution in [0.15, 0.2) is 47.4 Å². The number of halogens is 3. The van der Waals surface area contributed by atoms with Crippen LogP contribution in [-0.4, -0.2) is 27.1 Å². The first-order valence-corrected chi connectivity index (χ1v) is 9.18. The van der Waals surface area contributed by atoms with Crippen LogP contribution in [0.3, 0.4) is 0 Å². The summed E-state index contributed by atoms with van der Waals surface area (Å²) in [4.78, 5) is 12.0. The third-order valence-corrected chi connectivity index (χ3v) is 4.32. The van der Waals surface area contributed by atoms with E-state index in [2.05, 4.69) is 10.1 Å². The maximum absolute atomic E-state index is 12.2. The lowest BCUT2D eigenvalue weighted by Gasteiger charge is -2.12. The van der Waals surface area contributed by atoms with Gasteiger partial charge in [-0.3, -0.25) is 4.79 Å². The molecular formula is C17H14F3N3O4S. The topological polar surface area (TPSA) is 122 Å². The number of primary sulfonamides is 1. The van der Waals surface area contributed by atoms with E-state index >= 15 is 0 Å². The Morgan fingerprint density at radius 1 is 1.18 bits per heavy atom. The first kappa shape index (κ1) is 21.2. The molecule has 3 N–H and O–H groups in total. The third-order valence-electron chi connectivity index (χ3n) is 3.39. The zero-order chi connectivity index (χ0) is 20.9. The molecule has 0 radical (unpaired) electrons. The van der Waals surface area contributed by atoms with Crippen LogP contribution < -0.4 is 15.2 Å². The molecule has 2 aromatic rings. The molecule has 2 rings (SSSR count). The van der Waals surface area contributed by atoms with Crippen molar-refractivity contribution in [2.75, 3.05) is 11.9 Å². The van der Waals surface area contributed by atoms with Gasteiger partial charge in [0, 0.05) is 5.69 Å². The largest absolute Gasteiger partial charge is 0.483 e. The number of hydrogen-bond acceptors (Lipinski definition) is 5. The second kappa shape index (κ2) is 8.28. The Bertz CT molecular complexity index is 1010. The quantitative estimate of drug-likeness (QED) is 0.753. The van der Waals surface area contributed by atoms with Gasteiger partial charge in [0.1, 0.15) is 11.8 Å². The second-order valence-electron chi connectivity index (χ2n) is 5.64. The van der Waals surface area contributed by atoms with Gasteiger partial charge in [-0.15, -0.1) is 0 Å². The highest BCUT2D eigenvalue weighted by Gasteiger charge is 2.28. The summed E-state index contributed by atoms with van der Waals surface area (Å²) in [6.07, 6.45) is -4.64. The van der Waals surface area contributed by atoms with E-state index in [4.69, 9.17) is 10.4 Å². The molecule has 0 aliphatic carbocycles. The Labute approximate surface area is 158 Å². The van der Waals surface area contributed by atoms with E-state index in [0.717, 1.165) is 6.07 Å². The third kappa shape index (κ3) is 6.26. The minimum absolute atomic E-state index is 0.0928. The predicted octanol–water partition coefficient (Wildman–Crippen LogP) is 2.33. The van der Waals surface area contributed by atoms with Crippen LogP contribution in [0, 0.1) is 11.3 Å². The van der Waals surface area contributed by atoms with E-state index in [1.54, 1.807) is 6.07 Å². The molecule has 0 aliphatic heterocycles. The highest BCUT2D eigenvalue weighted by molar-refractivity contribution is 7.89. The number of carbonyl (C=O) groups is 1. The fourth-order valence-corrected chi connectivity index (χ4v) is 2.68. The molecular weight excluding hydrogens is 399 g/mol. The van der Waals surface area contributed by atoms with Crippen LogP contribution in [0.5, 0.6) is 5.75 Å². The maximum Gasteiger partial charge on any atom is 0.422 e. The molecule has 0 spiro atoms. The normalized spacial score (nSPS) is 11.5. The fourth-order valence-electron chi connectivity index (χ4n) is 2.17. The summed E-state index contributed by atoms with van der Waals surface area (Å²) >= 11 is 0. The van der Waals surface area contributed by atoms with Crippen molar-refractivity contribution in [1.82, 2.24) is 0 Å². The van der Waals surface area contributed by atoms with Crippen LogP contribution in [-0.2, 0) is 21.2 Å². The summed E-state index contributed by atoms with van der Waals surface area (Å²) in [7, 11) is -3.84. The Hall–Kier alpha value is -3.10. The van der Waals surface area contributed by atoms with E-state index in [-0.39, 0.29) is 28.3 Å². The van der Waals surface area contributed by atoms with E-state index in [0.29, 0.717) is 5.56 Å². The average molecular weight is 413 g/mol. The molecule has 0 atom stereocenters. The van der Waals surface area contributed by atoms with Gasteiger partial charge in [-0.05, 0) is 35.9 Å². The van der Waals surface area contributed by atoms with Crippen LogP contribution in [0.1, 0.15) is 11.1 Å². The summed E-state index contributed by atoms with van der Waals surface area (Å²) in [5.74, 6) is -0.729. The molecule has 0 saturated heterocycles. The molecule has 0 bridgehead atoms. The monoisotopic (exact) mass is 413 g/mol. The van der Waals surface area contributed by atoms with Crippen molar-refractivity contribution in [2.24, 2.45) is 5.14 Å². The Balaban J connectivity index is 2.04. The number of benzene rings is 2. The van der Waals surface area contributed by atoms with Crippen molar-refractivity contribution < 1.29 is 31.1 Å². The number of nitrogens with zero attached hydrogens (tertiary/aromatic N) is 1. The Kier molecular flexibility index (Phi) is 6.27. The minimum Gasteiger partial charge on any atom is -0.483 e. The van der Waals surface area contributed by atoms with E-state index < -0.39 is 28.7 Å². The fraction of sp³-hybridized carbons (Fsp3) is 0.176. The van der Waals surface area contributed by atoms with Crippen molar-refractivity contribution in [3.8, 4) is 11.8 Å². The number of hydrogen-bond donors (Lipinski definition) is 2. The molecule has 148 valence electrons. The van der Waals surface area contributed by atoms with Crippen molar-refractivity contribution in [2.45, 2.75) is 17.5 Å². The number of amides is 1. The van der Waals surface area contributed by atoms with Gasteiger partial charge >= 0.3 is 6.18 Å². The lowest BCUT2D eigenvalue weighted by atomic mass is 10.1. The standard InChI is InChI=1S/C17H14F3N3O4S/c18-17(19,20)10-27-15-6-3-13(8-12(15)9-21)23-16(24)7-11-1-4-14(5-2-11)28(22,25)26/h1-6,8H,7,10H2,(H,23,24)(H2,22,25,26). The van der Waals surface area contributed by atoms with Crippen LogP contribution in [0.4, 0.5) is 18.9 Å². The summed E-state index contributed by atoms with van der Waals surface area (Å²) in [5.41, 5.74) is 0.539. The smallest absolute Gasteiger partial charge is 0.422 e. The zero-order valence-corrected chi connectivity index (χ0v) is 15.0. The maximum atomic E-state index is 12.2. The van der Waals surface area contributed by atoms with Gasteiger partial charge in [-0.25, -0.2) is 13.6 Å². The minimum atomic E-state index is -4.54. The predicted molar refractivity (Wildman–Crippen MR) is 92.9 cm³/mol. The van der Waals surface area contributed by atoms with Gasteiger partial charge in [-0.2, -0.15) is 18.4 Å². The number of alkyl halides is 3. The number of sulfonamides is 1. The number of nitrogens with two attached hydrogens (primary N) is 1. The van der Waals surface area contributed by atoms with Crippen molar-refractivity contribution in [3.05, 3.63) is 53.6 Å². The molecule has 28 heavy (non-hydrogen) atoms. The number of nitrogens with one attached hydrogen (secondary N) is 1. The zero-order valence-electron chi connectivity index (χ0n) is 14.2. The second-order valence-corrected chi connectivity index (χ2v) is 7.20. The first-order chi connectivity index (χ1) is 13.0. The van der Waals surface area contributed by atoms with Crippen molar-refractivity contribution in [1.29, 1.82) is 5.26 Å². The number of nitriles is 1. The molecule has 0 unspecified atom stereocenters. The number of carbonyl (C=O) groups excluding carboxylic acids is 1. The molecule has 11 heteroatoms. The SMILES string of the molecule is N#Cc1cc(NC(=O)Cc2ccc(S(N)(=O)=O)cc2)ccc1OCC(F)(F)F. The molecule has 0 fully saturated rings. The van der Waals surface area contributed by atoms with Gasteiger partial charge in [0.25, 0.3) is 0 Å². The Morgan fingerprint density at radius 3 is 2.36 bits per heavy atom. The van der Waals surface area contributed by atoms with Gasteiger partial charge in [0.05, 0.1) is 16.9 Å². The van der Waals surface area contributed by atoms with Gasteiger partial charge in [0.2, 0.25) is 15.9 Å². The van der Waals surface area contributed by atoms with Crippen LogP contribution in [0.2, 0.25) is 0 Å².